The van der Waals surface area contributed by atoms with E-state index in [1.807, 2.05) is 0 Å². The molecule has 9 nitrogen and oxygen atoms in total. The molecule has 0 aromatic heterocycles. The molecule has 108 valence electrons. The van der Waals surface area contributed by atoms with E-state index in [9.17, 15) is 19.2 Å². The van der Waals surface area contributed by atoms with Crippen LogP contribution in [-0.2, 0) is 19.2 Å². The molecule has 0 aliphatic heterocycles. The van der Waals surface area contributed by atoms with Gasteiger partial charge in [-0.25, -0.2) is 0 Å². The quantitative estimate of drug-likeness (QED) is 0.325. The lowest BCUT2D eigenvalue weighted by molar-refractivity contribution is -0.143. The van der Waals surface area contributed by atoms with E-state index in [1.54, 1.807) is 0 Å². The van der Waals surface area contributed by atoms with E-state index in [0.717, 1.165) is 0 Å². The number of primary amides is 1. The Hall–Kier alpha value is -2.16. The first-order chi connectivity index (χ1) is 8.73. The fourth-order valence-electron chi connectivity index (χ4n) is 1.35. The zero-order chi connectivity index (χ0) is 15.0. The van der Waals surface area contributed by atoms with E-state index in [2.05, 4.69) is 5.32 Å². The van der Waals surface area contributed by atoms with Crippen LogP contribution in [0.15, 0.2) is 0 Å². The lowest BCUT2D eigenvalue weighted by Gasteiger charge is -2.19. The van der Waals surface area contributed by atoms with Gasteiger partial charge in [0, 0.05) is 12.8 Å². The molecule has 2 atom stereocenters. The summed E-state index contributed by atoms with van der Waals surface area (Å²) in [6.45, 7) is 0. The number of carbonyl (C=O) groups is 4. The van der Waals surface area contributed by atoms with Crippen molar-refractivity contribution < 1.29 is 34.5 Å². The third kappa shape index (κ3) is 7.71. The summed E-state index contributed by atoms with van der Waals surface area (Å²) < 4.78 is 0. The van der Waals surface area contributed by atoms with Crippen molar-refractivity contribution in [1.82, 2.24) is 5.32 Å². The zero-order valence-corrected chi connectivity index (χ0v) is 10.0. The number of aliphatic carboxylic acids is 3. The molecule has 0 heterocycles. The Labute approximate surface area is 108 Å². The Bertz CT molecular complexity index is 335. The van der Waals surface area contributed by atoms with Gasteiger partial charge in [0.05, 0.1) is 0 Å². The van der Waals surface area contributed by atoms with E-state index in [4.69, 9.17) is 21.1 Å². The maximum Gasteiger partial charge on any atom is 0.320 e. The average Bonchev–Trinajstić information content (AvgIpc) is 2.26. The molecule has 0 aliphatic carbocycles. The highest BCUT2D eigenvalue weighted by Crippen LogP contribution is 2.04. The van der Waals surface area contributed by atoms with E-state index in [-0.39, 0.29) is 19.3 Å². The van der Waals surface area contributed by atoms with Crippen LogP contribution in [0.1, 0.15) is 25.7 Å². The van der Waals surface area contributed by atoms with Gasteiger partial charge < -0.3 is 21.1 Å². The Morgan fingerprint density at radius 1 is 0.895 bits per heavy atom. The second-order valence-electron chi connectivity index (χ2n) is 3.89. The SMILES string of the molecule is NC(=O)CC[C@H](N[C@H](CCC(=O)O)C(=O)O)C(=O)O. The van der Waals surface area contributed by atoms with Crippen molar-refractivity contribution in [2.75, 3.05) is 0 Å². The average molecular weight is 276 g/mol. The van der Waals surface area contributed by atoms with Gasteiger partial charge >= 0.3 is 17.9 Å². The summed E-state index contributed by atoms with van der Waals surface area (Å²) >= 11 is 0. The van der Waals surface area contributed by atoms with Gasteiger partial charge in [0.2, 0.25) is 5.91 Å². The molecule has 0 unspecified atom stereocenters. The van der Waals surface area contributed by atoms with Crippen molar-refractivity contribution in [2.45, 2.75) is 37.8 Å². The maximum atomic E-state index is 10.9. The molecule has 0 radical (unpaired) electrons. The molecule has 0 saturated heterocycles. The van der Waals surface area contributed by atoms with Crippen LogP contribution in [0.3, 0.4) is 0 Å². The summed E-state index contributed by atoms with van der Waals surface area (Å²) in [5.41, 5.74) is 4.88. The number of carboxylic acids is 3. The molecule has 19 heavy (non-hydrogen) atoms. The molecular formula is C10H16N2O7. The lowest BCUT2D eigenvalue weighted by atomic mass is 10.1. The first-order valence-electron chi connectivity index (χ1n) is 5.45. The third-order valence-corrected chi connectivity index (χ3v) is 2.32. The number of amides is 1. The first kappa shape index (κ1) is 16.8. The van der Waals surface area contributed by atoms with Crippen LogP contribution >= 0.6 is 0 Å². The summed E-state index contributed by atoms with van der Waals surface area (Å²) in [7, 11) is 0. The van der Waals surface area contributed by atoms with Crippen LogP contribution in [0.25, 0.3) is 0 Å². The number of nitrogens with two attached hydrogens (primary N) is 1. The molecule has 6 N–H and O–H groups in total. The van der Waals surface area contributed by atoms with Crippen LogP contribution in [0.5, 0.6) is 0 Å². The Kier molecular flexibility index (Phi) is 7.12. The topological polar surface area (TPSA) is 167 Å². The van der Waals surface area contributed by atoms with Gasteiger partial charge in [-0.3, -0.25) is 24.5 Å². The van der Waals surface area contributed by atoms with E-state index in [0.29, 0.717) is 0 Å². The third-order valence-electron chi connectivity index (χ3n) is 2.32. The summed E-state index contributed by atoms with van der Waals surface area (Å²) in [5, 5.41) is 28.5. The Morgan fingerprint density at radius 2 is 1.32 bits per heavy atom. The van der Waals surface area contributed by atoms with Crippen LogP contribution in [0.2, 0.25) is 0 Å². The smallest absolute Gasteiger partial charge is 0.320 e. The molecule has 0 fully saturated rings. The molecule has 0 aliphatic rings. The zero-order valence-electron chi connectivity index (χ0n) is 10.0. The highest BCUT2D eigenvalue weighted by Gasteiger charge is 2.26. The molecule has 0 aromatic rings. The minimum atomic E-state index is -1.36. The molecular weight excluding hydrogens is 260 g/mol. The van der Waals surface area contributed by atoms with Gasteiger partial charge in [-0.15, -0.1) is 0 Å². The molecule has 1 amide bonds. The number of hydrogen-bond donors (Lipinski definition) is 5. The van der Waals surface area contributed by atoms with Gasteiger partial charge in [-0.1, -0.05) is 0 Å². The Morgan fingerprint density at radius 3 is 1.63 bits per heavy atom. The van der Waals surface area contributed by atoms with Gasteiger partial charge in [0.15, 0.2) is 0 Å². The highest BCUT2D eigenvalue weighted by molar-refractivity contribution is 5.79. The van der Waals surface area contributed by atoms with Crippen LogP contribution in [0.4, 0.5) is 0 Å². The highest BCUT2D eigenvalue weighted by atomic mass is 16.4. The van der Waals surface area contributed by atoms with Crippen LogP contribution < -0.4 is 11.1 Å². The second-order valence-corrected chi connectivity index (χ2v) is 3.89. The monoisotopic (exact) mass is 276 g/mol. The standard InChI is InChI=1S/C10H16N2O7/c11-7(13)3-1-5(9(16)17)12-6(10(18)19)2-4-8(14)15/h5-6,12H,1-4H2,(H2,11,13)(H,14,15)(H,16,17)(H,18,19)/t5-,6+/m0/s1. The largest absolute Gasteiger partial charge is 0.481 e. The van der Waals surface area contributed by atoms with Crippen molar-refractivity contribution >= 4 is 23.8 Å². The fourth-order valence-corrected chi connectivity index (χ4v) is 1.35. The van der Waals surface area contributed by atoms with Gasteiger partial charge in [0.1, 0.15) is 12.1 Å². The number of rotatable bonds is 10. The predicted octanol–water partition coefficient (Wildman–Crippen LogP) is -1.39. The molecule has 0 saturated carbocycles. The second kappa shape index (κ2) is 8.03. The van der Waals surface area contributed by atoms with Crippen LogP contribution in [-0.4, -0.2) is 51.2 Å². The summed E-state index contributed by atoms with van der Waals surface area (Å²) in [4.78, 5) is 42.7. The minimum absolute atomic E-state index is 0.165. The van der Waals surface area contributed by atoms with Crippen molar-refractivity contribution in [3.63, 3.8) is 0 Å². The molecule has 9 heteroatoms. The molecule has 0 bridgehead atoms. The van der Waals surface area contributed by atoms with Crippen molar-refractivity contribution in [3.8, 4) is 0 Å². The lowest BCUT2D eigenvalue weighted by Crippen LogP contribution is -2.47. The number of nitrogens with one attached hydrogen (secondary N) is 1. The van der Waals surface area contributed by atoms with Gasteiger partial charge in [-0.05, 0) is 12.8 Å². The van der Waals surface area contributed by atoms with E-state index in [1.165, 1.54) is 0 Å². The summed E-state index contributed by atoms with van der Waals surface area (Å²) in [5.74, 6) is -4.57. The fraction of sp³-hybridized carbons (Fsp3) is 0.600. The minimum Gasteiger partial charge on any atom is -0.481 e. The normalized spacial score (nSPS) is 13.5. The van der Waals surface area contributed by atoms with Crippen molar-refractivity contribution in [2.24, 2.45) is 5.73 Å². The van der Waals surface area contributed by atoms with E-state index < -0.39 is 42.3 Å². The summed E-state index contributed by atoms with van der Waals surface area (Å²) in [6, 6.07) is -2.59. The summed E-state index contributed by atoms with van der Waals surface area (Å²) in [6.07, 6.45) is -1.05. The predicted molar refractivity (Wildman–Crippen MR) is 61.3 cm³/mol. The van der Waals surface area contributed by atoms with Crippen LogP contribution in [0, 0.1) is 0 Å². The van der Waals surface area contributed by atoms with Crippen molar-refractivity contribution in [1.29, 1.82) is 0 Å². The van der Waals surface area contributed by atoms with Gasteiger partial charge in [0.25, 0.3) is 0 Å². The van der Waals surface area contributed by atoms with Crippen molar-refractivity contribution in [3.05, 3.63) is 0 Å². The number of carboxylic acid groups (broad SMARTS) is 3. The molecule has 0 spiro atoms. The first-order valence-corrected chi connectivity index (χ1v) is 5.45. The number of carbonyl (C=O) groups excluding carboxylic acids is 1. The van der Waals surface area contributed by atoms with E-state index >= 15 is 0 Å². The number of hydrogen-bond acceptors (Lipinski definition) is 5. The Balaban J connectivity index is 4.56. The molecule has 0 rings (SSSR count). The molecule has 0 aromatic carbocycles. The van der Waals surface area contributed by atoms with Gasteiger partial charge in [-0.2, -0.15) is 0 Å². The maximum absolute atomic E-state index is 10.9.